The molecule has 1 atom stereocenters. The lowest BCUT2D eigenvalue weighted by atomic mass is 10.3. The summed E-state index contributed by atoms with van der Waals surface area (Å²) in [6.07, 6.45) is 0.854. The lowest BCUT2D eigenvalue weighted by Gasteiger charge is -2.16. The van der Waals surface area contributed by atoms with Gasteiger partial charge in [-0.05, 0) is 38.3 Å². The van der Waals surface area contributed by atoms with Crippen LogP contribution in [0.2, 0.25) is 0 Å². The Kier molecular flexibility index (Phi) is 3.04. The van der Waals surface area contributed by atoms with E-state index in [1.54, 1.807) is 11.0 Å². The van der Waals surface area contributed by atoms with E-state index in [4.69, 9.17) is 0 Å². The van der Waals surface area contributed by atoms with Crippen LogP contribution >= 0.6 is 15.9 Å². The van der Waals surface area contributed by atoms with Gasteiger partial charge in [0.05, 0.1) is 4.47 Å². The summed E-state index contributed by atoms with van der Waals surface area (Å²) in [5.74, 6) is -0.225. The maximum atomic E-state index is 13.0. The molecule has 0 radical (unpaired) electrons. The molecule has 1 saturated heterocycles. The van der Waals surface area contributed by atoms with Crippen LogP contribution in [0.4, 0.5) is 15.9 Å². The van der Waals surface area contributed by atoms with Gasteiger partial charge in [0.2, 0.25) is 0 Å². The fourth-order valence-electron chi connectivity index (χ4n) is 1.73. The van der Waals surface area contributed by atoms with Crippen molar-refractivity contribution in [3.63, 3.8) is 0 Å². The third-order valence-electron chi connectivity index (χ3n) is 2.46. The van der Waals surface area contributed by atoms with Gasteiger partial charge in [-0.15, -0.1) is 0 Å². The molecular weight excluding hydrogens is 281 g/mol. The molecule has 1 aliphatic rings. The van der Waals surface area contributed by atoms with Crippen molar-refractivity contribution in [3.8, 4) is 0 Å². The lowest BCUT2D eigenvalue weighted by molar-refractivity contribution is -0.388. The third kappa shape index (κ3) is 2.13. The number of pyridine rings is 1. The van der Waals surface area contributed by atoms with Crippen molar-refractivity contribution in [3.05, 3.63) is 26.9 Å². The zero-order valence-corrected chi connectivity index (χ0v) is 9.85. The summed E-state index contributed by atoms with van der Waals surface area (Å²) in [5.41, 5.74) is 0.375. The summed E-state index contributed by atoms with van der Waals surface area (Å²) in [7, 11) is 0. The van der Waals surface area contributed by atoms with Crippen LogP contribution in [0.1, 0.15) is 6.42 Å². The van der Waals surface area contributed by atoms with Crippen LogP contribution < -0.4 is 4.90 Å². The van der Waals surface area contributed by atoms with Gasteiger partial charge in [-0.3, -0.25) is 0 Å². The lowest BCUT2D eigenvalue weighted by Crippen LogP contribution is -2.21. The highest BCUT2D eigenvalue weighted by atomic mass is 79.9. The Labute approximate surface area is 99.6 Å². The van der Waals surface area contributed by atoms with Crippen molar-refractivity contribution in [2.24, 2.45) is 0 Å². The van der Waals surface area contributed by atoms with E-state index >= 15 is 0 Å². The Morgan fingerprint density at radius 3 is 3.00 bits per heavy atom. The van der Waals surface area contributed by atoms with Crippen LogP contribution in [0.5, 0.6) is 0 Å². The summed E-state index contributed by atoms with van der Waals surface area (Å²) in [5, 5.41) is 10.8. The molecule has 0 aliphatic carbocycles. The van der Waals surface area contributed by atoms with Crippen LogP contribution in [-0.4, -0.2) is 29.2 Å². The first kappa shape index (κ1) is 11.3. The molecular formula is C9H9BrFN3O2. The van der Waals surface area contributed by atoms with Gasteiger partial charge in [-0.1, -0.05) is 0 Å². The van der Waals surface area contributed by atoms with E-state index in [1.165, 1.54) is 6.20 Å². The first-order chi connectivity index (χ1) is 7.58. The number of nitro groups is 1. The van der Waals surface area contributed by atoms with E-state index < -0.39 is 11.1 Å². The van der Waals surface area contributed by atoms with Crippen molar-refractivity contribution in [1.29, 1.82) is 0 Å². The second-order valence-corrected chi connectivity index (χ2v) is 4.50. The number of hydrogen-bond acceptors (Lipinski definition) is 4. The zero-order valence-electron chi connectivity index (χ0n) is 8.27. The van der Waals surface area contributed by atoms with Crippen LogP contribution in [0.3, 0.4) is 0 Å². The van der Waals surface area contributed by atoms with Gasteiger partial charge in [0.25, 0.3) is 0 Å². The van der Waals surface area contributed by atoms with Crippen molar-refractivity contribution in [2.45, 2.75) is 12.6 Å². The van der Waals surface area contributed by atoms with E-state index in [1.807, 2.05) is 0 Å². The van der Waals surface area contributed by atoms with E-state index in [-0.39, 0.29) is 12.4 Å². The molecule has 0 N–H and O–H groups in total. The van der Waals surface area contributed by atoms with Crippen molar-refractivity contribution < 1.29 is 9.31 Å². The van der Waals surface area contributed by atoms with Gasteiger partial charge in [-0.25, -0.2) is 4.39 Å². The van der Waals surface area contributed by atoms with E-state index in [0.717, 1.165) is 0 Å². The summed E-state index contributed by atoms with van der Waals surface area (Å²) < 4.78 is 13.7. The molecule has 86 valence electrons. The molecule has 1 aromatic heterocycles. The van der Waals surface area contributed by atoms with Gasteiger partial charge < -0.3 is 15.0 Å². The van der Waals surface area contributed by atoms with Gasteiger partial charge in [-0.2, -0.15) is 0 Å². The van der Waals surface area contributed by atoms with E-state index in [0.29, 0.717) is 23.1 Å². The Morgan fingerprint density at radius 1 is 1.69 bits per heavy atom. The predicted molar refractivity (Wildman–Crippen MR) is 60.3 cm³/mol. The number of aromatic nitrogens is 1. The van der Waals surface area contributed by atoms with Gasteiger partial charge in [0.15, 0.2) is 6.20 Å². The summed E-state index contributed by atoms with van der Waals surface area (Å²) >= 11 is 3.20. The zero-order chi connectivity index (χ0) is 11.7. The molecule has 1 fully saturated rings. The fraction of sp³-hybridized carbons (Fsp3) is 0.444. The Morgan fingerprint density at radius 2 is 2.44 bits per heavy atom. The summed E-state index contributed by atoms with van der Waals surface area (Å²) in [6.45, 7) is 0.680. The number of alkyl halides is 1. The topological polar surface area (TPSA) is 59.3 Å². The maximum Gasteiger partial charge on any atom is 0.387 e. The first-order valence-electron chi connectivity index (χ1n) is 4.77. The highest BCUT2D eigenvalue weighted by Crippen LogP contribution is 2.31. The van der Waals surface area contributed by atoms with Crippen LogP contribution in [0, 0.1) is 10.1 Å². The van der Waals surface area contributed by atoms with Crippen molar-refractivity contribution in [1.82, 2.24) is 4.98 Å². The SMILES string of the molecule is O=[N+]([O-])c1ncc(Br)cc1N1CC[C@H](F)C1. The molecule has 7 heteroatoms. The van der Waals surface area contributed by atoms with Crippen LogP contribution in [-0.2, 0) is 0 Å². The first-order valence-corrected chi connectivity index (χ1v) is 5.56. The summed E-state index contributed by atoms with van der Waals surface area (Å²) in [6, 6.07) is 1.60. The second kappa shape index (κ2) is 4.32. The molecule has 0 aromatic carbocycles. The predicted octanol–water partition coefficient (Wildman–Crippen LogP) is 2.30. The van der Waals surface area contributed by atoms with Crippen LogP contribution in [0.15, 0.2) is 16.7 Å². The minimum absolute atomic E-state index is 0.193. The third-order valence-corrected chi connectivity index (χ3v) is 2.89. The number of nitrogens with zero attached hydrogens (tertiary/aromatic N) is 3. The number of anilines is 1. The maximum absolute atomic E-state index is 13.0. The molecule has 1 aromatic rings. The smallest absolute Gasteiger partial charge is 0.362 e. The molecule has 2 heterocycles. The quantitative estimate of drug-likeness (QED) is 0.619. The van der Waals surface area contributed by atoms with E-state index in [9.17, 15) is 14.5 Å². The van der Waals surface area contributed by atoms with E-state index in [2.05, 4.69) is 20.9 Å². The monoisotopic (exact) mass is 289 g/mol. The molecule has 0 amide bonds. The normalized spacial score (nSPS) is 20.1. The van der Waals surface area contributed by atoms with Crippen LogP contribution in [0.25, 0.3) is 0 Å². The van der Waals surface area contributed by atoms with Crippen molar-refractivity contribution in [2.75, 3.05) is 18.0 Å². The number of halogens is 2. The average Bonchev–Trinajstić information content (AvgIpc) is 2.64. The summed E-state index contributed by atoms with van der Waals surface area (Å²) in [4.78, 5) is 15.6. The number of hydrogen-bond donors (Lipinski definition) is 0. The molecule has 2 rings (SSSR count). The highest BCUT2D eigenvalue weighted by molar-refractivity contribution is 9.10. The highest BCUT2D eigenvalue weighted by Gasteiger charge is 2.28. The van der Waals surface area contributed by atoms with Gasteiger partial charge >= 0.3 is 5.82 Å². The molecule has 0 unspecified atom stereocenters. The molecule has 16 heavy (non-hydrogen) atoms. The Bertz CT molecular complexity index is 429. The molecule has 0 saturated carbocycles. The van der Waals surface area contributed by atoms with Crippen molar-refractivity contribution >= 4 is 27.4 Å². The minimum atomic E-state index is -0.918. The standard InChI is InChI=1S/C9H9BrFN3O2/c10-6-3-8(9(12-4-6)14(15)16)13-2-1-7(11)5-13/h3-4,7H,1-2,5H2/t7-/m0/s1. The fourth-order valence-corrected chi connectivity index (χ4v) is 2.05. The number of rotatable bonds is 2. The molecule has 0 spiro atoms. The average molecular weight is 290 g/mol. The minimum Gasteiger partial charge on any atom is -0.362 e. The largest absolute Gasteiger partial charge is 0.387 e. The van der Waals surface area contributed by atoms with Gasteiger partial charge in [0, 0.05) is 13.1 Å². The van der Waals surface area contributed by atoms with Gasteiger partial charge in [0.1, 0.15) is 11.9 Å². The molecule has 5 nitrogen and oxygen atoms in total. The molecule has 1 aliphatic heterocycles. The Hall–Kier alpha value is -1.24. The molecule has 0 bridgehead atoms. The Balaban J connectivity index is 2.37. The second-order valence-electron chi connectivity index (χ2n) is 3.59.